The van der Waals surface area contributed by atoms with Crippen molar-refractivity contribution in [1.82, 2.24) is 10.1 Å². The maximum atomic E-state index is 12.2. The average molecular weight is 303 g/mol. The highest BCUT2D eigenvalue weighted by molar-refractivity contribution is 6.02. The summed E-state index contributed by atoms with van der Waals surface area (Å²) in [4.78, 5) is 14.6. The molecule has 1 saturated heterocycles. The van der Waals surface area contributed by atoms with Crippen LogP contribution in [0.2, 0.25) is 0 Å². The van der Waals surface area contributed by atoms with Crippen molar-refractivity contribution in [1.29, 1.82) is 0 Å². The van der Waals surface area contributed by atoms with E-state index >= 15 is 0 Å². The first-order valence-corrected chi connectivity index (χ1v) is 7.69. The number of anilines is 1. The van der Waals surface area contributed by atoms with Crippen LogP contribution in [0, 0.1) is 13.8 Å². The van der Waals surface area contributed by atoms with E-state index in [4.69, 9.17) is 8.94 Å². The molecule has 1 amide bonds. The Morgan fingerprint density at radius 3 is 2.73 bits per heavy atom. The first kappa shape index (κ1) is 14.8. The average Bonchev–Trinajstić information content (AvgIpc) is 3.10. The number of piperidine rings is 1. The van der Waals surface area contributed by atoms with E-state index in [0.29, 0.717) is 22.9 Å². The van der Waals surface area contributed by atoms with Crippen LogP contribution in [0.5, 0.6) is 0 Å². The van der Waals surface area contributed by atoms with E-state index in [0.717, 1.165) is 25.4 Å². The van der Waals surface area contributed by atoms with Gasteiger partial charge in [-0.2, -0.15) is 0 Å². The molecule has 0 unspecified atom stereocenters. The van der Waals surface area contributed by atoms with Gasteiger partial charge >= 0.3 is 0 Å². The zero-order chi connectivity index (χ0) is 15.5. The molecule has 0 spiro atoms. The highest BCUT2D eigenvalue weighted by Gasteiger charge is 2.18. The van der Waals surface area contributed by atoms with Crippen LogP contribution in [0.1, 0.15) is 47.0 Å². The third-order valence-electron chi connectivity index (χ3n) is 3.99. The van der Waals surface area contributed by atoms with Crippen molar-refractivity contribution in [2.24, 2.45) is 0 Å². The number of nitrogens with one attached hydrogen (secondary N) is 1. The summed E-state index contributed by atoms with van der Waals surface area (Å²) in [6.45, 7) is 6.51. The van der Waals surface area contributed by atoms with Crippen LogP contribution in [0.4, 0.5) is 5.69 Å². The van der Waals surface area contributed by atoms with Crippen LogP contribution < -0.4 is 5.32 Å². The summed E-state index contributed by atoms with van der Waals surface area (Å²) >= 11 is 0. The fourth-order valence-electron chi connectivity index (χ4n) is 2.76. The molecular formula is C16H21N3O3. The smallest absolute Gasteiger partial charge is 0.291 e. The van der Waals surface area contributed by atoms with Gasteiger partial charge in [0.25, 0.3) is 5.91 Å². The molecule has 118 valence electrons. The van der Waals surface area contributed by atoms with E-state index in [-0.39, 0.29) is 5.91 Å². The summed E-state index contributed by atoms with van der Waals surface area (Å²) in [5.74, 6) is 1.45. The molecule has 0 radical (unpaired) electrons. The second-order valence-corrected chi connectivity index (χ2v) is 5.76. The number of carbonyl (C=O) groups excluding carboxylic acids is 1. The van der Waals surface area contributed by atoms with Crippen molar-refractivity contribution in [3.05, 3.63) is 35.1 Å². The van der Waals surface area contributed by atoms with Gasteiger partial charge in [0, 0.05) is 0 Å². The fraction of sp³-hybridized carbons (Fsp3) is 0.500. The summed E-state index contributed by atoms with van der Waals surface area (Å²) < 4.78 is 10.7. The minimum Gasteiger partial charge on any atom is -0.455 e. The molecule has 6 heteroatoms. The first-order valence-electron chi connectivity index (χ1n) is 7.69. The van der Waals surface area contributed by atoms with Gasteiger partial charge in [0.05, 0.1) is 6.54 Å². The van der Waals surface area contributed by atoms with Crippen LogP contribution in [-0.2, 0) is 6.54 Å². The lowest BCUT2D eigenvalue weighted by molar-refractivity contribution is 0.0991. The summed E-state index contributed by atoms with van der Waals surface area (Å²) in [5.41, 5.74) is 1.27. The van der Waals surface area contributed by atoms with E-state index in [1.54, 1.807) is 19.9 Å². The third kappa shape index (κ3) is 3.22. The van der Waals surface area contributed by atoms with Crippen LogP contribution in [0.3, 0.4) is 0 Å². The molecule has 2 aromatic heterocycles. The Hall–Kier alpha value is -2.08. The molecule has 1 fully saturated rings. The predicted molar refractivity (Wildman–Crippen MR) is 81.8 cm³/mol. The van der Waals surface area contributed by atoms with Gasteiger partial charge in [-0.05, 0) is 51.9 Å². The molecule has 22 heavy (non-hydrogen) atoms. The lowest BCUT2D eigenvalue weighted by atomic mass is 10.1. The first-order chi connectivity index (χ1) is 10.6. The topological polar surface area (TPSA) is 71.5 Å². The Morgan fingerprint density at radius 2 is 2.05 bits per heavy atom. The van der Waals surface area contributed by atoms with Crippen molar-refractivity contribution >= 4 is 11.6 Å². The van der Waals surface area contributed by atoms with Gasteiger partial charge in [-0.3, -0.25) is 9.69 Å². The lowest BCUT2D eigenvalue weighted by Crippen LogP contribution is -2.28. The molecule has 6 nitrogen and oxygen atoms in total. The van der Waals surface area contributed by atoms with Crippen LogP contribution in [0.15, 0.2) is 21.1 Å². The van der Waals surface area contributed by atoms with Gasteiger partial charge in [-0.15, -0.1) is 0 Å². The largest absolute Gasteiger partial charge is 0.455 e. The van der Waals surface area contributed by atoms with E-state index in [1.165, 1.54) is 19.3 Å². The Morgan fingerprint density at radius 1 is 1.27 bits per heavy atom. The minimum absolute atomic E-state index is 0.278. The molecule has 0 bridgehead atoms. The molecule has 1 aliphatic rings. The number of carbonyl (C=O) groups is 1. The molecule has 1 N–H and O–H groups in total. The number of likely N-dealkylation sites (tertiary alicyclic amines) is 1. The summed E-state index contributed by atoms with van der Waals surface area (Å²) in [5, 5.41) is 6.61. The molecule has 3 heterocycles. The molecule has 3 rings (SSSR count). The molecule has 1 aliphatic heterocycles. The third-order valence-corrected chi connectivity index (χ3v) is 3.99. The van der Waals surface area contributed by atoms with Crippen molar-refractivity contribution in [2.75, 3.05) is 18.4 Å². The lowest BCUT2D eigenvalue weighted by Gasteiger charge is -2.25. The molecule has 0 atom stereocenters. The van der Waals surface area contributed by atoms with Gasteiger partial charge < -0.3 is 14.3 Å². The van der Waals surface area contributed by atoms with Gasteiger partial charge in [-0.1, -0.05) is 11.6 Å². The SMILES string of the molecule is Cc1noc(C)c1NC(=O)c1ccc(CN2CCCCC2)o1. The van der Waals surface area contributed by atoms with Crippen molar-refractivity contribution in [3.8, 4) is 0 Å². The number of hydrogen-bond donors (Lipinski definition) is 1. The van der Waals surface area contributed by atoms with Gasteiger partial charge in [0.1, 0.15) is 17.1 Å². The Kier molecular flexibility index (Phi) is 4.29. The van der Waals surface area contributed by atoms with Crippen LogP contribution in [-0.4, -0.2) is 29.1 Å². The second kappa shape index (κ2) is 6.36. The van der Waals surface area contributed by atoms with E-state index < -0.39 is 0 Å². The standard InChI is InChI=1S/C16H21N3O3/c1-11-15(12(2)22-18-11)17-16(20)14-7-6-13(21-14)10-19-8-4-3-5-9-19/h6-7H,3-5,8-10H2,1-2H3,(H,17,20). The monoisotopic (exact) mass is 303 g/mol. The molecular weight excluding hydrogens is 282 g/mol. The molecule has 0 aliphatic carbocycles. The maximum Gasteiger partial charge on any atom is 0.291 e. The minimum atomic E-state index is -0.278. The quantitative estimate of drug-likeness (QED) is 0.939. The highest BCUT2D eigenvalue weighted by Crippen LogP contribution is 2.21. The summed E-state index contributed by atoms with van der Waals surface area (Å²) in [6.07, 6.45) is 3.78. The van der Waals surface area contributed by atoms with Crippen LogP contribution >= 0.6 is 0 Å². The van der Waals surface area contributed by atoms with Crippen molar-refractivity contribution in [3.63, 3.8) is 0 Å². The number of amides is 1. The van der Waals surface area contributed by atoms with Crippen molar-refractivity contribution < 1.29 is 13.7 Å². The zero-order valence-electron chi connectivity index (χ0n) is 13.0. The molecule has 0 saturated carbocycles. The normalized spacial score (nSPS) is 15.9. The fourth-order valence-corrected chi connectivity index (χ4v) is 2.76. The van der Waals surface area contributed by atoms with E-state index in [2.05, 4.69) is 15.4 Å². The Balaban J connectivity index is 1.64. The van der Waals surface area contributed by atoms with Crippen LogP contribution in [0.25, 0.3) is 0 Å². The van der Waals surface area contributed by atoms with Gasteiger partial charge in [0.15, 0.2) is 11.5 Å². The van der Waals surface area contributed by atoms with E-state index in [9.17, 15) is 4.79 Å². The number of aromatic nitrogens is 1. The highest BCUT2D eigenvalue weighted by atomic mass is 16.5. The van der Waals surface area contributed by atoms with Crippen molar-refractivity contribution in [2.45, 2.75) is 39.7 Å². The summed E-state index contributed by atoms with van der Waals surface area (Å²) in [6, 6.07) is 3.59. The second-order valence-electron chi connectivity index (χ2n) is 5.76. The number of aryl methyl sites for hydroxylation is 2. The zero-order valence-corrected chi connectivity index (χ0v) is 13.0. The van der Waals surface area contributed by atoms with E-state index in [1.807, 2.05) is 6.07 Å². The summed E-state index contributed by atoms with van der Waals surface area (Å²) in [7, 11) is 0. The molecule has 0 aromatic carbocycles. The Bertz CT molecular complexity index is 634. The number of hydrogen-bond acceptors (Lipinski definition) is 5. The Labute approximate surface area is 129 Å². The van der Waals surface area contributed by atoms with Gasteiger partial charge in [0.2, 0.25) is 0 Å². The number of furan rings is 1. The number of rotatable bonds is 4. The molecule has 2 aromatic rings. The number of nitrogens with zero attached hydrogens (tertiary/aromatic N) is 2. The maximum absolute atomic E-state index is 12.2. The predicted octanol–water partition coefficient (Wildman–Crippen LogP) is 3.12. The van der Waals surface area contributed by atoms with Gasteiger partial charge in [-0.25, -0.2) is 0 Å².